The van der Waals surface area contributed by atoms with E-state index in [1.54, 1.807) is 6.07 Å². The maximum atomic E-state index is 12.2. The van der Waals surface area contributed by atoms with E-state index in [0.717, 1.165) is 6.42 Å². The van der Waals surface area contributed by atoms with Gasteiger partial charge in [0.1, 0.15) is 5.75 Å². The molecule has 1 aromatic rings. The quantitative estimate of drug-likeness (QED) is 0.758. The molecule has 1 rings (SSSR count). The summed E-state index contributed by atoms with van der Waals surface area (Å²) in [5.41, 5.74) is 5.58. The molecule has 0 spiro atoms. The molecule has 112 valence electrons. The Morgan fingerprint density at radius 3 is 2.60 bits per heavy atom. The number of alkyl halides is 3. The van der Waals surface area contributed by atoms with Crippen LogP contribution in [0.2, 0.25) is 0 Å². The highest BCUT2D eigenvalue weighted by Crippen LogP contribution is 2.26. The summed E-state index contributed by atoms with van der Waals surface area (Å²) in [6.45, 7) is 0.503. The van der Waals surface area contributed by atoms with Gasteiger partial charge in [-0.1, -0.05) is 18.2 Å². The number of nitrogens with two attached hydrogens (primary N) is 1. The molecule has 0 fully saturated rings. The lowest BCUT2D eigenvalue weighted by Gasteiger charge is -2.13. The Bertz CT molecular complexity index is 436. The fourth-order valence-corrected chi connectivity index (χ4v) is 1.59. The van der Waals surface area contributed by atoms with Gasteiger partial charge in [0.25, 0.3) is 0 Å². The molecule has 1 amide bonds. The normalized spacial score (nSPS) is 11.2. The van der Waals surface area contributed by atoms with Crippen molar-refractivity contribution in [1.29, 1.82) is 0 Å². The minimum Gasteiger partial charge on any atom is -0.405 e. The van der Waals surface area contributed by atoms with E-state index in [0.29, 0.717) is 19.4 Å². The Hall–Kier alpha value is -1.76. The number of halogens is 3. The lowest BCUT2D eigenvalue weighted by atomic mass is 10.2. The maximum Gasteiger partial charge on any atom is 0.573 e. The van der Waals surface area contributed by atoms with Crippen LogP contribution in [0.15, 0.2) is 24.3 Å². The zero-order chi connectivity index (χ0) is 15.0. The fraction of sp³-hybridized carbons (Fsp3) is 0.462. The van der Waals surface area contributed by atoms with Crippen molar-refractivity contribution in [2.24, 2.45) is 5.73 Å². The summed E-state index contributed by atoms with van der Waals surface area (Å²) in [6, 6.07) is 5.71. The maximum absolute atomic E-state index is 12.2. The third-order valence-electron chi connectivity index (χ3n) is 2.53. The van der Waals surface area contributed by atoms with Crippen molar-refractivity contribution in [1.82, 2.24) is 5.32 Å². The highest BCUT2D eigenvalue weighted by atomic mass is 19.4. The first-order valence-corrected chi connectivity index (χ1v) is 6.23. The van der Waals surface area contributed by atoms with Crippen molar-refractivity contribution in [2.45, 2.75) is 32.2 Å². The number of carbonyl (C=O) groups is 1. The third-order valence-corrected chi connectivity index (χ3v) is 2.53. The number of para-hydroxylation sites is 1. The lowest BCUT2D eigenvalue weighted by molar-refractivity contribution is -0.274. The van der Waals surface area contributed by atoms with Gasteiger partial charge in [-0.2, -0.15) is 0 Å². The summed E-state index contributed by atoms with van der Waals surface area (Å²) in [5.74, 6) is -0.525. The monoisotopic (exact) mass is 290 g/mol. The molecule has 0 saturated carbocycles. The van der Waals surface area contributed by atoms with Crippen LogP contribution in [0.4, 0.5) is 13.2 Å². The van der Waals surface area contributed by atoms with Gasteiger partial charge < -0.3 is 15.8 Å². The predicted octanol–water partition coefficient (Wildman–Crippen LogP) is 2.33. The molecule has 0 heterocycles. The van der Waals surface area contributed by atoms with Crippen LogP contribution in [-0.4, -0.2) is 18.8 Å². The Labute approximate surface area is 115 Å². The van der Waals surface area contributed by atoms with E-state index in [-0.39, 0.29) is 23.8 Å². The van der Waals surface area contributed by atoms with E-state index in [2.05, 4.69) is 10.1 Å². The Kier molecular flexibility index (Phi) is 6.30. The largest absolute Gasteiger partial charge is 0.573 e. The minimum atomic E-state index is -4.75. The molecule has 7 heteroatoms. The lowest BCUT2D eigenvalue weighted by Crippen LogP contribution is -2.24. The summed E-state index contributed by atoms with van der Waals surface area (Å²) in [4.78, 5) is 11.5. The van der Waals surface area contributed by atoms with Crippen LogP contribution in [0.25, 0.3) is 0 Å². The van der Waals surface area contributed by atoms with E-state index in [1.807, 2.05) is 0 Å². The third kappa shape index (κ3) is 6.42. The van der Waals surface area contributed by atoms with Crippen LogP contribution in [0, 0.1) is 0 Å². The highest BCUT2D eigenvalue weighted by Gasteiger charge is 2.31. The Morgan fingerprint density at radius 2 is 1.95 bits per heavy atom. The Balaban J connectivity index is 2.53. The summed E-state index contributed by atoms with van der Waals surface area (Å²) in [6.07, 6.45) is -3.05. The second-order valence-electron chi connectivity index (χ2n) is 4.18. The predicted molar refractivity (Wildman–Crippen MR) is 67.9 cm³/mol. The second kappa shape index (κ2) is 7.74. The van der Waals surface area contributed by atoms with E-state index in [4.69, 9.17) is 5.73 Å². The molecule has 4 nitrogen and oxygen atoms in total. The van der Waals surface area contributed by atoms with E-state index in [1.165, 1.54) is 18.2 Å². The Morgan fingerprint density at radius 1 is 1.25 bits per heavy atom. The molecule has 0 aliphatic heterocycles. The number of carbonyl (C=O) groups excluding carboxylic acids is 1. The van der Waals surface area contributed by atoms with Crippen LogP contribution < -0.4 is 15.8 Å². The number of hydrogen-bond donors (Lipinski definition) is 2. The molecule has 0 bridgehead atoms. The minimum absolute atomic E-state index is 0.00624. The van der Waals surface area contributed by atoms with Crippen molar-refractivity contribution in [3.63, 3.8) is 0 Å². The molecule has 0 saturated heterocycles. The number of nitrogens with one attached hydrogen (secondary N) is 1. The van der Waals surface area contributed by atoms with Crippen LogP contribution in [0.3, 0.4) is 0 Å². The summed E-state index contributed by atoms with van der Waals surface area (Å²) < 4.78 is 40.5. The zero-order valence-corrected chi connectivity index (χ0v) is 10.9. The van der Waals surface area contributed by atoms with Gasteiger partial charge in [0.15, 0.2) is 0 Å². The summed E-state index contributed by atoms with van der Waals surface area (Å²) >= 11 is 0. The van der Waals surface area contributed by atoms with Gasteiger partial charge in [0, 0.05) is 18.5 Å². The van der Waals surface area contributed by atoms with E-state index >= 15 is 0 Å². The van der Waals surface area contributed by atoms with Gasteiger partial charge in [-0.05, 0) is 25.5 Å². The summed E-state index contributed by atoms with van der Waals surface area (Å²) in [7, 11) is 0. The number of hydrogen-bond acceptors (Lipinski definition) is 3. The molecule has 1 aromatic carbocycles. The molecule has 0 radical (unpaired) electrons. The average molecular weight is 290 g/mol. The molecule has 0 aliphatic rings. The standard InChI is InChI=1S/C13H17F3N2O2/c14-13(15,16)20-11-6-2-1-5-10(11)9-18-12(19)7-3-4-8-17/h1-2,5-6H,3-4,7-9,17H2,(H,18,19). The average Bonchev–Trinajstić information content (AvgIpc) is 2.36. The number of rotatable bonds is 7. The second-order valence-corrected chi connectivity index (χ2v) is 4.18. The van der Waals surface area contributed by atoms with Crippen molar-refractivity contribution in [3.05, 3.63) is 29.8 Å². The highest BCUT2D eigenvalue weighted by molar-refractivity contribution is 5.75. The van der Waals surface area contributed by atoms with Gasteiger partial charge in [-0.15, -0.1) is 13.2 Å². The van der Waals surface area contributed by atoms with Gasteiger partial charge in [-0.25, -0.2) is 0 Å². The first-order valence-electron chi connectivity index (χ1n) is 6.23. The SMILES string of the molecule is NCCCCC(=O)NCc1ccccc1OC(F)(F)F. The molecule has 0 atom stereocenters. The number of benzene rings is 1. The fourth-order valence-electron chi connectivity index (χ4n) is 1.59. The summed E-state index contributed by atoms with van der Waals surface area (Å²) in [5, 5.41) is 2.56. The first-order chi connectivity index (χ1) is 9.42. The van der Waals surface area contributed by atoms with Crippen molar-refractivity contribution < 1.29 is 22.7 Å². The first kappa shape index (κ1) is 16.3. The molecule has 0 aromatic heterocycles. The van der Waals surface area contributed by atoms with Crippen molar-refractivity contribution in [3.8, 4) is 5.75 Å². The molecule has 3 N–H and O–H groups in total. The number of unbranched alkanes of at least 4 members (excludes halogenated alkanes) is 1. The van der Waals surface area contributed by atoms with Crippen LogP contribution in [0.5, 0.6) is 5.75 Å². The van der Waals surface area contributed by atoms with Crippen LogP contribution >= 0.6 is 0 Å². The molecular weight excluding hydrogens is 273 g/mol. The van der Waals surface area contributed by atoms with Gasteiger partial charge in [0.05, 0.1) is 0 Å². The van der Waals surface area contributed by atoms with Crippen LogP contribution in [-0.2, 0) is 11.3 Å². The molecular formula is C13H17F3N2O2. The van der Waals surface area contributed by atoms with Crippen LogP contribution in [0.1, 0.15) is 24.8 Å². The van der Waals surface area contributed by atoms with Gasteiger partial charge in [0.2, 0.25) is 5.91 Å². The molecule has 0 aliphatic carbocycles. The van der Waals surface area contributed by atoms with Crippen molar-refractivity contribution >= 4 is 5.91 Å². The molecule has 20 heavy (non-hydrogen) atoms. The smallest absolute Gasteiger partial charge is 0.405 e. The van der Waals surface area contributed by atoms with Gasteiger partial charge >= 0.3 is 6.36 Å². The van der Waals surface area contributed by atoms with Gasteiger partial charge in [-0.3, -0.25) is 4.79 Å². The zero-order valence-electron chi connectivity index (χ0n) is 10.9. The van der Waals surface area contributed by atoms with E-state index in [9.17, 15) is 18.0 Å². The van der Waals surface area contributed by atoms with Crippen molar-refractivity contribution in [2.75, 3.05) is 6.54 Å². The molecule has 0 unspecified atom stereocenters. The number of ether oxygens (including phenoxy) is 1. The topological polar surface area (TPSA) is 64.4 Å². The number of amides is 1. The van der Waals surface area contributed by atoms with E-state index < -0.39 is 6.36 Å².